The fourth-order valence-electron chi connectivity index (χ4n) is 3.22. The molecule has 25 heavy (non-hydrogen) atoms. The van der Waals surface area contributed by atoms with E-state index in [9.17, 15) is 4.79 Å². The second kappa shape index (κ2) is 6.71. The largest absolute Gasteiger partial charge is 0.375 e. The minimum atomic E-state index is -0.354. The van der Waals surface area contributed by atoms with E-state index in [2.05, 4.69) is 9.97 Å². The van der Waals surface area contributed by atoms with Crippen LogP contribution >= 0.6 is 11.3 Å². The van der Waals surface area contributed by atoms with Gasteiger partial charge >= 0.3 is 0 Å². The highest BCUT2D eigenvalue weighted by atomic mass is 32.1. The number of carbonyl (C=O) groups excluding carboxylic acids is 1. The lowest BCUT2D eigenvalue weighted by Gasteiger charge is -2.36. The van der Waals surface area contributed by atoms with Crippen LogP contribution in [0.15, 0.2) is 12.4 Å². The molecule has 1 saturated heterocycles. The molecule has 7 heteroatoms. The molecule has 1 amide bonds. The Labute approximate surface area is 152 Å². The van der Waals surface area contributed by atoms with Gasteiger partial charge in [-0.1, -0.05) is 32.1 Å². The van der Waals surface area contributed by atoms with Crippen molar-refractivity contribution >= 4 is 22.4 Å². The Hall–Kier alpha value is -2.02. The third kappa shape index (κ3) is 3.81. The first kappa shape index (κ1) is 17.8. The monoisotopic (exact) mass is 359 g/mol. The average Bonchev–Trinajstić information content (AvgIpc) is 2.92. The molecule has 0 bridgehead atoms. The summed E-state index contributed by atoms with van der Waals surface area (Å²) < 4.78 is 0. The van der Waals surface area contributed by atoms with Gasteiger partial charge in [0, 0.05) is 30.6 Å². The van der Waals surface area contributed by atoms with Crippen LogP contribution in [0.2, 0.25) is 0 Å². The quantitative estimate of drug-likeness (QED) is 0.890. The molecule has 2 N–H and O–H groups in total. The summed E-state index contributed by atoms with van der Waals surface area (Å²) in [7, 11) is 0. The SMILES string of the molecule is Cc1nc(N)sc1-c1cncc(C2CCCN(C(=O)C(C)(C)C)C2)n1. The van der Waals surface area contributed by atoms with Crippen LogP contribution in [0.3, 0.4) is 0 Å². The summed E-state index contributed by atoms with van der Waals surface area (Å²) in [5.41, 5.74) is 8.08. The molecule has 2 aromatic heterocycles. The molecule has 1 fully saturated rings. The molecule has 134 valence electrons. The summed E-state index contributed by atoms with van der Waals surface area (Å²) in [5, 5.41) is 0.541. The second-order valence-electron chi connectivity index (χ2n) is 7.64. The van der Waals surface area contributed by atoms with Crippen LogP contribution in [0.5, 0.6) is 0 Å². The lowest BCUT2D eigenvalue weighted by molar-refractivity contribution is -0.140. The fraction of sp³-hybridized carbons (Fsp3) is 0.556. The second-order valence-corrected chi connectivity index (χ2v) is 8.67. The molecule has 1 atom stereocenters. The van der Waals surface area contributed by atoms with Gasteiger partial charge in [0.05, 0.1) is 22.5 Å². The lowest BCUT2D eigenvalue weighted by Crippen LogP contribution is -2.44. The van der Waals surface area contributed by atoms with Crippen molar-refractivity contribution in [3.63, 3.8) is 0 Å². The number of nitrogen functional groups attached to an aromatic ring is 1. The van der Waals surface area contributed by atoms with E-state index in [4.69, 9.17) is 10.7 Å². The van der Waals surface area contributed by atoms with Crippen LogP contribution < -0.4 is 5.73 Å². The Bertz CT molecular complexity index is 780. The summed E-state index contributed by atoms with van der Waals surface area (Å²) in [4.78, 5) is 29.0. The van der Waals surface area contributed by atoms with E-state index in [1.165, 1.54) is 11.3 Å². The standard InChI is InChI=1S/C18H25N5OS/c1-11-15(25-17(19)21-11)14-9-20-8-13(22-14)12-6-5-7-23(10-12)16(24)18(2,3)4/h8-9,12H,5-7,10H2,1-4H3,(H2,19,21). The summed E-state index contributed by atoms with van der Waals surface area (Å²) in [6, 6.07) is 0. The van der Waals surface area contributed by atoms with Gasteiger partial charge in [0.1, 0.15) is 5.69 Å². The molecule has 3 heterocycles. The zero-order valence-corrected chi connectivity index (χ0v) is 16.1. The highest BCUT2D eigenvalue weighted by Crippen LogP contribution is 2.32. The molecule has 2 aromatic rings. The summed E-state index contributed by atoms with van der Waals surface area (Å²) in [5.74, 6) is 0.422. The maximum absolute atomic E-state index is 12.6. The number of aryl methyl sites for hydroxylation is 1. The van der Waals surface area contributed by atoms with Gasteiger partial charge < -0.3 is 10.6 Å². The van der Waals surface area contributed by atoms with E-state index < -0.39 is 0 Å². The number of thiazole rings is 1. The lowest BCUT2D eigenvalue weighted by atomic mass is 9.90. The van der Waals surface area contributed by atoms with Crippen LogP contribution in [0.4, 0.5) is 5.13 Å². The van der Waals surface area contributed by atoms with Crippen LogP contribution in [-0.2, 0) is 4.79 Å². The molecular formula is C18H25N5OS. The molecule has 1 aliphatic heterocycles. The van der Waals surface area contributed by atoms with Crippen molar-refractivity contribution in [1.82, 2.24) is 19.9 Å². The molecule has 0 spiro atoms. The van der Waals surface area contributed by atoms with Crippen LogP contribution in [0.25, 0.3) is 10.6 Å². The van der Waals surface area contributed by atoms with Crippen LogP contribution in [-0.4, -0.2) is 38.8 Å². The Morgan fingerprint density at radius 2 is 2.08 bits per heavy atom. The smallest absolute Gasteiger partial charge is 0.227 e. The van der Waals surface area contributed by atoms with Crippen LogP contribution in [0.1, 0.15) is 50.9 Å². The molecule has 0 aromatic carbocycles. The zero-order valence-electron chi connectivity index (χ0n) is 15.2. The molecule has 0 saturated carbocycles. The number of anilines is 1. The highest BCUT2D eigenvalue weighted by molar-refractivity contribution is 7.18. The van der Waals surface area contributed by atoms with Crippen molar-refractivity contribution in [1.29, 1.82) is 0 Å². The maximum Gasteiger partial charge on any atom is 0.227 e. The topological polar surface area (TPSA) is 85.0 Å². The number of nitrogens with two attached hydrogens (primary N) is 1. The van der Waals surface area contributed by atoms with Gasteiger partial charge in [-0.05, 0) is 19.8 Å². The first-order valence-electron chi connectivity index (χ1n) is 8.60. The Kier molecular flexibility index (Phi) is 4.77. The number of rotatable bonds is 2. The Morgan fingerprint density at radius 3 is 2.72 bits per heavy atom. The molecule has 0 aliphatic carbocycles. The van der Waals surface area contributed by atoms with Crippen molar-refractivity contribution in [3.8, 4) is 10.6 Å². The minimum absolute atomic E-state index is 0.201. The predicted molar refractivity (Wildman–Crippen MR) is 100 cm³/mol. The third-order valence-corrected chi connectivity index (χ3v) is 5.48. The number of hydrogen-bond donors (Lipinski definition) is 1. The Morgan fingerprint density at radius 1 is 1.32 bits per heavy atom. The molecule has 0 radical (unpaired) electrons. The Balaban J connectivity index is 1.83. The molecule has 3 rings (SSSR count). The number of carbonyl (C=O) groups is 1. The number of nitrogens with zero attached hydrogens (tertiary/aromatic N) is 4. The van der Waals surface area contributed by atoms with Crippen molar-refractivity contribution in [3.05, 3.63) is 23.8 Å². The van der Waals surface area contributed by atoms with Crippen molar-refractivity contribution < 1.29 is 4.79 Å². The van der Waals surface area contributed by atoms with E-state index in [-0.39, 0.29) is 17.2 Å². The van der Waals surface area contributed by atoms with E-state index in [1.807, 2.05) is 38.8 Å². The summed E-state index contributed by atoms with van der Waals surface area (Å²) >= 11 is 1.43. The van der Waals surface area contributed by atoms with Crippen molar-refractivity contribution in [2.45, 2.75) is 46.5 Å². The van der Waals surface area contributed by atoms with Gasteiger partial charge in [0.15, 0.2) is 5.13 Å². The van der Waals surface area contributed by atoms with E-state index >= 15 is 0 Å². The van der Waals surface area contributed by atoms with E-state index in [0.717, 1.165) is 41.3 Å². The number of likely N-dealkylation sites (tertiary alicyclic amines) is 1. The molecular weight excluding hydrogens is 334 g/mol. The summed E-state index contributed by atoms with van der Waals surface area (Å²) in [6.07, 6.45) is 5.59. The summed E-state index contributed by atoms with van der Waals surface area (Å²) in [6.45, 7) is 9.37. The predicted octanol–water partition coefficient (Wildman–Crippen LogP) is 3.24. The van der Waals surface area contributed by atoms with E-state index in [0.29, 0.717) is 11.7 Å². The van der Waals surface area contributed by atoms with Gasteiger partial charge in [-0.25, -0.2) is 9.97 Å². The molecule has 1 aliphatic rings. The maximum atomic E-state index is 12.6. The van der Waals surface area contributed by atoms with E-state index in [1.54, 1.807) is 6.20 Å². The highest BCUT2D eigenvalue weighted by Gasteiger charge is 2.32. The van der Waals surface area contributed by atoms with Crippen LogP contribution in [0, 0.1) is 12.3 Å². The first-order chi connectivity index (χ1) is 11.8. The molecule has 6 nitrogen and oxygen atoms in total. The van der Waals surface area contributed by atoms with Gasteiger partial charge in [-0.2, -0.15) is 0 Å². The first-order valence-corrected chi connectivity index (χ1v) is 9.42. The number of amides is 1. The average molecular weight is 359 g/mol. The van der Waals surface area contributed by atoms with Gasteiger partial charge in [-0.15, -0.1) is 0 Å². The normalized spacial score (nSPS) is 18.4. The minimum Gasteiger partial charge on any atom is -0.375 e. The fourth-order valence-corrected chi connectivity index (χ4v) is 4.01. The third-order valence-electron chi connectivity index (χ3n) is 4.47. The number of piperidine rings is 1. The van der Waals surface area contributed by atoms with Gasteiger partial charge in [-0.3, -0.25) is 9.78 Å². The van der Waals surface area contributed by atoms with Crippen molar-refractivity contribution in [2.24, 2.45) is 5.41 Å². The zero-order chi connectivity index (χ0) is 18.2. The van der Waals surface area contributed by atoms with Gasteiger partial charge in [0.25, 0.3) is 0 Å². The van der Waals surface area contributed by atoms with Gasteiger partial charge in [0.2, 0.25) is 5.91 Å². The number of aromatic nitrogens is 3. The molecule has 1 unspecified atom stereocenters. The van der Waals surface area contributed by atoms with Crippen molar-refractivity contribution in [2.75, 3.05) is 18.8 Å². The number of hydrogen-bond acceptors (Lipinski definition) is 6.